The second kappa shape index (κ2) is 15.0. The van der Waals surface area contributed by atoms with Crippen molar-refractivity contribution in [2.24, 2.45) is 0 Å². The molecular formula is C52H30. The largest absolute Gasteiger partial charge is 0.0622 e. The van der Waals surface area contributed by atoms with E-state index in [1.807, 2.05) is 121 Å². The Morgan fingerprint density at radius 3 is 0.865 bits per heavy atom. The first-order valence-electron chi connectivity index (χ1n) is 17.2. The molecule has 0 aromatic heterocycles. The van der Waals surface area contributed by atoms with Crippen LogP contribution < -0.4 is 0 Å². The number of hydrogen-bond acceptors (Lipinski definition) is 0. The Bertz CT molecular complexity index is 2620. The predicted molar refractivity (Wildman–Crippen MR) is 217 cm³/mol. The summed E-state index contributed by atoms with van der Waals surface area (Å²) in [5.74, 6) is 27.3. The normalized spacial score (nSPS) is 10.1. The summed E-state index contributed by atoms with van der Waals surface area (Å²) in [5, 5.41) is 4.33. The highest BCUT2D eigenvalue weighted by molar-refractivity contribution is 6.08. The van der Waals surface area contributed by atoms with E-state index in [9.17, 15) is 0 Å². The Balaban J connectivity index is 1.35. The summed E-state index contributed by atoms with van der Waals surface area (Å²) in [7, 11) is 0. The van der Waals surface area contributed by atoms with Crippen molar-refractivity contribution in [3.05, 3.63) is 226 Å². The minimum absolute atomic E-state index is 0.908. The second-order valence-corrected chi connectivity index (χ2v) is 12.3. The van der Waals surface area contributed by atoms with E-state index in [-0.39, 0.29) is 0 Å². The second-order valence-electron chi connectivity index (χ2n) is 12.3. The van der Waals surface area contributed by atoms with Crippen LogP contribution in [0.15, 0.2) is 182 Å². The highest BCUT2D eigenvalue weighted by Crippen LogP contribution is 2.37. The van der Waals surface area contributed by atoms with Gasteiger partial charge in [0, 0.05) is 44.5 Å². The molecule has 8 rings (SSSR count). The zero-order chi connectivity index (χ0) is 35.0. The molecule has 8 aromatic rings. The first-order chi connectivity index (χ1) is 25.8. The van der Waals surface area contributed by atoms with Gasteiger partial charge in [-0.1, -0.05) is 157 Å². The topological polar surface area (TPSA) is 0 Å². The Labute approximate surface area is 305 Å². The van der Waals surface area contributed by atoms with Crippen molar-refractivity contribution < 1.29 is 0 Å². The molecule has 0 spiro atoms. The molecule has 238 valence electrons. The number of benzene rings is 8. The van der Waals surface area contributed by atoms with Crippen LogP contribution in [0.3, 0.4) is 0 Å². The third-order valence-electron chi connectivity index (χ3n) is 8.76. The zero-order valence-electron chi connectivity index (χ0n) is 28.3. The zero-order valence-corrected chi connectivity index (χ0v) is 28.3. The summed E-state index contributed by atoms with van der Waals surface area (Å²) >= 11 is 0. The molecule has 0 aliphatic rings. The molecule has 0 saturated carbocycles. The molecule has 0 heteroatoms. The van der Waals surface area contributed by atoms with Crippen molar-refractivity contribution in [2.45, 2.75) is 0 Å². The van der Waals surface area contributed by atoms with E-state index in [0.717, 1.165) is 77.2 Å². The average molecular weight is 655 g/mol. The molecule has 0 N–H and O–H groups in total. The van der Waals surface area contributed by atoms with Gasteiger partial charge in [-0.05, 0) is 105 Å². The molecule has 0 aliphatic carbocycles. The summed E-state index contributed by atoms with van der Waals surface area (Å²) in [6, 6.07) is 61.9. The summed E-state index contributed by atoms with van der Waals surface area (Å²) in [6.07, 6.45) is 0. The number of fused-ring (bicyclic) bond motifs is 2. The molecule has 0 nitrogen and oxygen atoms in total. The van der Waals surface area contributed by atoms with E-state index in [2.05, 4.69) is 108 Å². The van der Waals surface area contributed by atoms with Gasteiger partial charge in [0.05, 0.1) is 0 Å². The van der Waals surface area contributed by atoms with Crippen LogP contribution in [0.2, 0.25) is 0 Å². The SMILES string of the molecule is C(#Cc1cc(C#Cc2ccccc2)c2cccc(-c3cccc4c(C#Cc5ccccc5)cc(C#Cc5ccccc5)cc34)c2c1)c1ccccc1. The van der Waals surface area contributed by atoms with Crippen LogP contribution in [0.25, 0.3) is 32.7 Å². The van der Waals surface area contributed by atoms with E-state index >= 15 is 0 Å². The first-order valence-corrected chi connectivity index (χ1v) is 17.2. The van der Waals surface area contributed by atoms with Crippen LogP contribution in [-0.2, 0) is 0 Å². The van der Waals surface area contributed by atoms with Crippen LogP contribution in [0.5, 0.6) is 0 Å². The van der Waals surface area contributed by atoms with Gasteiger partial charge in [0.1, 0.15) is 0 Å². The quantitative estimate of drug-likeness (QED) is 0.155. The molecule has 0 bridgehead atoms. The highest BCUT2D eigenvalue weighted by atomic mass is 14.2. The van der Waals surface area contributed by atoms with Crippen molar-refractivity contribution in [1.82, 2.24) is 0 Å². The van der Waals surface area contributed by atoms with Crippen molar-refractivity contribution in [3.8, 4) is 58.5 Å². The average Bonchev–Trinajstić information content (AvgIpc) is 3.21. The molecule has 0 heterocycles. The fourth-order valence-corrected chi connectivity index (χ4v) is 6.25. The Kier molecular flexibility index (Phi) is 9.14. The fourth-order valence-electron chi connectivity index (χ4n) is 6.25. The molecule has 0 saturated heterocycles. The predicted octanol–water partition coefficient (Wildman–Crippen LogP) is 11.3. The van der Waals surface area contributed by atoms with Gasteiger partial charge in [-0.15, -0.1) is 0 Å². The Morgan fingerprint density at radius 2 is 0.519 bits per heavy atom. The Morgan fingerprint density at radius 1 is 0.212 bits per heavy atom. The van der Waals surface area contributed by atoms with Crippen molar-refractivity contribution >= 4 is 21.5 Å². The standard InChI is InChI=1S/C52H30/c1-5-15-39(16-6-1)27-29-43-35-45(33-31-41-19-9-3-10-20-41)47-23-13-25-49(51(47)37-43)50-26-14-24-48-46(34-32-42-21-11-4-12-22-42)36-44(38-52(48)50)30-28-40-17-7-2-8-18-40/h1-26,35-38H. The smallest absolute Gasteiger partial charge is 0.0340 e. The monoisotopic (exact) mass is 654 g/mol. The lowest BCUT2D eigenvalue weighted by Gasteiger charge is -2.13. The van der Waals surface area contributed by atoms with E-state index < -0.39 is 0 Å². The van der Waals surface area contributed by atoms with Crippen LogP contribution in [0, 0.1) is 47.4 Å². The maximum absolute atomic E-state index is 3.49. The highest BCUT2D eigenvalue weighted by Gasteiger charge is 2.13. The Hall–Kier alpha value is -7.48. The van der Waals surface area contributed by atoms with Crippen molar-refractivity contribution in [3.63, 3.8) is 0 Å². The molecule has 0 atom stereocenters. The van der Waals surface area contributed by atoms with E-state index in [0.29, 0.717) is 0 Å². The molecular weight excluding hydrogens is 625 g/mol. The third-order valence-corrected chi connectivity index (χ3v) is 8.76. The fraction of sp³-hybridized carbons (Fsp3) is 0. The lowest BCUT2D eigenvalue weighted by molar-refractivity contribution is 1.60. The molecule has 8 aromatic carbocycles. The van der Waals surface area contributed by atoms with Gasteiger partial charge in [0.15, 0.2) is 0 Å². The number of hydrogen-bond donors (Lipinski definition) is 0. The van der Waals surface area contributed by atoms with Crippen molar-refractivity contribution in [1.29, 1.82) is 0 Å². The van der Waals surface area contributed by atoms with Crippen LogP contribution in [-0.4, -0.2) is 0 Å². The van der Waals surface area contributed by atoms with Gasteiger partial charge in [-0.3, -0.25) is 0 Å². The minimum atomic E-state index is 0.908. The van der Waals surface area contributed by atoms with E-state index in [1.54, 1.807) is 0 Å². The van der Waals surface area contributed by atoms with Gasteiger partial charge in [-0.25, -0.2) is 0 Å². The third kappa shape index (κ3) is 7.25. The van der Waals surface area contributed by atoms with Crippen molar-refractivity contribution in [2.75, 3.05) is 0 Å². The van der Waals surface area contributed by atoms with Gasteiger partial charge in [0.2, 0.25) is 0 Å². The summed E-state index contributed by atoms with van der Waals surface area (Å²) in [5.41, 5.74) is 9.76. The number of rotatable bonds is 1. The molecule has 0 amide bonds. The minimum Gasteiger partial charge on any atom is -0.0622 e. The molecule has 52 heavy (non-hydrogen) atoms. The van der Waals surface area contributed by atoms with Crippen LogP contribution in [0.4, 0.5) is 0 Å². The lowest BCUT2D eigenvalue weighted by atomic mass is 9.89. The summed E-state index contributed by atoms with van der Waals surface area (Å²) < 4.78 is 0. The maximum atomic E-state index is 3.49. The van der Waals surface area contributed by atoms with Crippen LogP contribution >= 0.6 is 0 Å². The van der Waals surface area contributed by atoms with Gasteiger partial charge in [-0.2, -0.15) is 0 Å². The van der Waals surface area contributed by atoms with Gasteiger partial charge < -0.3 is 0 Å². The van der Waals surface area contributed by atoms with E-state index in [4.69, 9.17) is 0 Å². The lowest BCUT2D eigenvalue weighted by Crippen LogP contribution is -1.91. The molecule has 0 unspecified atom stereocenters. The molecule has 0 fully saturated rings. The summed E-state index contributed by atoms with van der Waals surface area (Å²) in [6.45, 7) is 0. The first kappa shape index (κ1) is 31.8. The van der Waals surface area contributed by atoms with E-state index in [1.165, 1.54) is 0 Å². The summed E-state index contributed by atoms with van der Waals surface area (Å²) in [4.78, 5) is 0. The van der Waals surface area contributed by atoms with Gasteiger partial charge >= 0.3 is 0 Å². The molecule has 0 aliphatic heterocycles. The molecule has 0 radical (unpaired) electrons. The van der Waals surface area contributed by atoms with Gasteiger partial charge in [0.25, 0.3) is 0 Å². The van der Waals surface area contributed by atoms with Crippen LogP contribution in [0.1, 0.15) is 44.5 Å². The maximum Gasteiger partial charge on any atom is 0.0340 e.